The molecule has 1 N–H and O–H groups in total. The van der Waals surface area contributed by atoms with E-state index in [-0.39, 0.29) is 6.54 Å². The molecule has 0 fully saturated rings. The lowest BCUT2D eigenvalue weighted by Crippen LogP contribution is -2.49. The Labute approximate surface area is 197 Å². The fourth-order valence-electron chi connectivity index (χ4n) is 4.14. The Bertz CT molecular complexity index is 1260. The summed E-state index contributed by atoms with van der Waals surface area (Å²) in [6, 6.07) is 15.3. The van der Waals surface area contributed by atoms with E-state index in [4.69, 9.17) is 14.2 Å². The molecule has 1 aromatic heterocycles. The number of ketones is 1. The number of hydrogen-bond acceptors (Lipinski definition) is 7. The van der Waals surface area contributed by atoms with Crippen molar-refractivity contribution in [3.8, 4) is 17.2 Å². The average molecular weight is 460 g/mol. The van der Waals surface area contributed by atoms with Crippen molar-refractivity contribution in [1.29, 1.82) is 0 Å². The van der Waals surface area contributed by atoms with E-state index < -0.39 is 23.0 Å². The zero-order chi connectivity index (χ0) is 24.3. The van der Waals surface area contributed by atoms with Crippen LogP contribution in [0, 0.1) is 0 Å². The number of aliphatic hydroxyl groups is 1. The van der Waals surface area contributed by atoms with Crippen molar-refractivity contribution < 1.29 is 28.9 Å². The summed E-state index contributed by atoms with van der Waals surface area (Å²) in [5.41, 5.74) is -0.139. The number of nitrogens with zero attached hydrogens (tertiary/aromatic N) is 2. The summed E-state index contributed by atoms with van der Waals surface area (Å²) in [7, 11) is 4.55. The molecule has 3 aromatic rings. The van der Waals surface area contributed by atoms with Crippen molar-refractivity contribution in [3.05, 3.63) is 95.5 Å². The van der Waals surface area contributed by atoms with Gasteiger partial charge in [0.1, 0.15) is 5.75 Å². The van der Waals surface area contributed by atoms with Crippen LogP contribution in [0.25, 0.3) is 0 Å². The molecule has 0 bridgehead atoms. The number of aromatic nitrogens is 1. The maximum atomic E-state index is 14.1. The first kappa shape index (κ1) is 22.8. The van der Waals surface area contributed by atoms with Gasteiger partial charge in [-0.2, -0.15) is 0 Å². The highest BCUT2D eigenvalue weighted by Gasteiger charge is 2.52. The standard InChI is InChI=1S/C26H24N2O6/c1-32-20-6-4-5-17(13-20)16-28-25(31)21(29)15-26(28,24(30)18-9-11-27-12-10-18)19-7-8-22(33-2)23(14-19)34-3/h4-15,29H,16H2,1-3H3. The molecule has 1 unspecified atom stereocenters. The second-order valence-electron chi connectivity index (χ2n) is 7.67. The largest absolute Gasteiger partial charge is 0.503 e. The summed E-state index contributed by atoms with van der Waals surface area (Å²) in [6.07, 6.45) is 4.30. The van der Waals surface area contributed by atoms with Crippen LogP contribution in [-0.2, 0) is 16.9 Å². The van der Waals surface area contributed by atoms with Crippen LogP contribution in [0.15, 0.2) is 78.8 Å². The topological polar surface area (TPSA) is 98.2 Å². The minimum atomic E-state index is -1.63. The van der Waals surface area contributed by atoms with Gasteiger partial charge in [0.15, 0.2) is 28.6 Å². The van der Waals surface area contributed by atoms with Gasteiger partial charge >= 0.3 is 0 Å². The fraction of sp³-hybridized carbons (Fsp3) is 0.192. The molecule has 8 nitrogen and oxygen atoms in total. The predicted molar refractivity (Wildman–Crippen MR) is 124 cm³/mol. The molecule has 4 rings (SSSR count). The Kier molecular flexibility index (Phi) is 6.23. The molecule has 0 aliphatic carbocycles. The quantitative estimate of drug-likeness (QED) is 0.512. The van der Waals surface area contributed by atoms with Gasteiger partial charge in [-0.25, -0.2) is 0 Å². The summed E-state index contributed by atoms with van der Waals surface area (Å²) < 4.78 is 16.1. The van der Waals surface area contributed by atoms with Gasteiger partial charge < -0.3 is 24.2 Å². The van der Waals surface area contributed by atoms with Crippen molar-refractivity contribution in [2.75, 3.05) is 21.3 Å². The molecule has 0 spiro atoms. The lowest BCUT2D eigenvalue weighted by atomic mass is 9.81. The Morgan fingerprint density at radius 3 is 2.38 bits per heavy atom. The van der Waals surface area contributed by atoms with Gasteiger partial charge in [0.2, 0.25) is 0 Å². The second kappa shape index (κ2) is 9.27. The fourth-order valence-corrected chi connectivity index (χ4v) is 4.14. The van der Waals surface area contributed by atoms with Gasteiger partial charge in [-0.05, 0) is 47.5 Å². The van der Waals surface area contributed by atoms with Gasteiger partial charge in [-0.15, -0.1) is 0 Å². The summed E-state index contributed by atoms with van der Waals surface area (Å²) in [5, 5.41) is 10.6. The van der Waals surface area contributed by atoms with E-state index in [9.17, 15) is 14.7 Å². The molecule has 1 aliphatic rings. The Morgan fingerprint density at radius 1 is 0.971 bits per heavy atom. The molecule has 0 saturated carbocycles. The molecule has 34 heavy (non-hydrogen) atoms. The van der Waals surface area contributed by atoms with Crippen molar-refractivity contribution in [2.24, 2.45) is 0 Å². The number of amides is 1. The molecule has 174 valence electrons. The lowest BCUT2D eigenvalue weighted by Gasteiger charge is -2.37. The molecule has 0 radical (unpaired) electrons. The number of carbonyl (C=O) groups excluding carboxylic acids is 2. The first-order valence-corrected chi connectivity index (χ1v) is 10.5. The van der Waals surface area contributed by atoms with Gasteiger partial charge in [0, 0.05) is 30.6 Å². The Hall–Kier alpha value is -4.33. The van der Waals surface area contributed by atoms with E-state index in [1.807, 2.05) is 6.07 Å². The SMILES string of the molecule is COc1cccc(CN2C(=O)C(O)=CC2(C(=O)c2ccncc2)c2ccc(OC)c(OC)c2)c1. The Balaban J connectivity index is 1.93. The maximum Gasteiger partial charge on any atom is 0.290 e. The van der Waals surface area contributed by atoms with Crippen LogP contribution >= 0.6 is 0 Å². The number of hydrogen-bond donors (Lipinski definition) is 1. The molecule has 1 atom stereocenters. The van der Waals surface area contributed by atoms with Crippen molar-refractivity contribution in [2.45, 2.75) is 12.1 Å². The van der Waals surface area contributed by atoms with Gasteiger partial charge in [0.05, 0.1) is 21.3 Å². The number of aliphatic hydroxyl groups excluding tert-OH is 1. The number of methoxy groups -OCH3 is 3. The van der Waals surface area contributed by atoms with E-state index in [2.05, 4.69) is 4.98 Å². The van der Waals surface area contributed by atoms with E-state index in [1.165, 1.54) is 37.6 Å². The van der Waals surface area contributed by atoms with E-state index >= 15 is 0 Å². The number of ether oxygens (including phenoxy) is 3. The van der Waals surface area contributed by atoms with Crippen molar-refractivity contribution >= 4 is 11.7 Å². The van der Waals surface area contributed by atoms with Crippen molar-refractivity contribution in [3.63, 3.8) is 0 Å². The summed E-state index contributed by atoms with van der Waals surface area (Å²) in [6.45, 7) is 0.0434. The number of rotatable bonds is 8. The third kappa shape index (κ3) is 3.83. The highest BCUT2D eigenvalue weighted by Crippen LogP contribution is 2.43. The smallest absolute Gasteiger partial charge is 0.290 e. The first-order valence-electron chi connectivity index (χ1n) is 10.5. The molecule has 1 aliphatic heterocycles. The highest BCUT2D eigenvalue weighted by atomic mass is 16.5. The normalized spacial score (nSPS) is 17.3. The Morgan fingerprint density at radius 2 is 1.71 bits per heavy atom. The van der Waals surface area contributed by atoms with Crippen LogP contribution in [0.1, 0.15) is 21.5 Å². The van der Waals surface area contributed by atoms with Gasteiger partial charge in [0.25, 0.3) is 5.91 Å². The zero-order valence-electron chi connectivity index (χ0n) is 19.0. The number of carbonyl (C=O) groups is 2. The summed E-state index contributed by atoms with van der Waals surface area (Å²) >= 11 is 0. The second-order valence-corrected chi connectivity index (χ2v) is 7.67. The molecule has 2 aromatic carbocycles. The monoisotopic (exact) mass is 460 g/mol. The molecule has 1 amide bonds. The summed E-state index contributed by atoms with van der Waals surface area (Å²) in [4.78, 5) is 32.6. The van der Waals surface area contributed by atoms with Crippen LogP contribution in [0.4, 0.5) is 0 Å². The molecule has 8 heteroatoms. The average Bonchev–Trinajstić information content (AvgIpc) is 3.14. The number of pyridine rings is 1. The van der Waals surface area contributed by atoms with Crippen LogP contribution in [0.2, 0.25) is 0 Å². The zero-order valence-corrected chi connectivity index (χ0v) is 19.0. The third-order valence-electron chi connectivity index (χ3n) is 5.82. The third-order valence-corrected chi connectivity index (χ3v) is 5.82. The van der Waals surface area contributed by atoms with E-state index in [0.717, 1.165) is 5.56 Å². The maximum absolute atomic E-state index is 14.1. The van der Waals surface area contributed by atoms with Crippen LogP contribution < -0.4 is 14.2 Å². The molecular formula is C26H24N2O6. The molecule has 2 heterocycles. The first-order chi connectivity index (χ1) is 16.4. The van der Waals surface area contributed by atoms with E-state index in [1.54, 1.807) is 55.6 Å². The lowest BCUT2D eigenvalue weighted by molar-refractivity contribution is -0.131. The number of Topliss-reactive ketones (excluding diaryl/α,β-unsaturated/α-hetero) is 1. The van der Waals surface area contributed by atoms with Crippen LogP contribution in [0.3, 0.4) is 0 Å². The van der Waals surface area contributed by atoms with Crippen LogP contribution in [-0.4, -0.2) is 48.0 Å². The minimum absolute atomic E-state index is 0.0434. The molecule has 0 saturated heterocycles. The van der Waals surface area contributed by atoms with Gasteiger partial charge in [-0.3, -0.25) is 14.6 Å². The minimum Gasteiger partial charge on any atom is -0.503 e. The predicted octanol–water partition coefficient (Wildman–Crippen LogP) is 3.67. The van der Waals surface area contributed by atoms with Crippen molar-refractivity contribution in [1.82, 2.24) is 9.88 Å². The molecular weight excluding hydrogens is 436 g/mol. The summed E-state index contributed by atoms with van der Waals surface area (Å²) in [5.74, 6) is -0.119. The number of benzene rings is 2. The van der Waals surface area contributed by atoms with Crippen LogP contribution in [0.5, 0.6) is 17.2 Å². The van der Waals surface area contributed by atoms with Gasteiger partial charge in [-0.1, -0.05) is 18.2 Å². The van der Waals surface area contributed by atoms with E-state index in [0.29, 0.717) is 28.4 Å². The highest BCUT2D eigenvalue weighted by molar-refractivity contribution is 6.11.